The summed E-state index contributed by atoms with van der Waals surface area (Å²) < 4.78 is 0. The predicted molar refractivity (Wildman–Crippen MR) is 106 cm³/mol. The fourth-order valence-electron chi connectivity index (χ4n) is 2.28. The number of carbonyl (C=O) groups excluding carboxylic acids is 1. The van der Waals surface area contributed by atoms with Crippen LogP contribution in [-0.2, 0) is 11.3 Å². The second-order valence-electron chi connectivity index (χ2n) is 5.57. The van der Waals surface area contributed by atoms with E-state index in [1.165, 1.54) is 11.8 Å². The lowest BCUT2D eigenvalue weighted by Crippen LogP contribution is -2.24. The van der Waals surface area contributed by atoms with Crippen molar-refractivity contribution in [2.45, 2.75) is 11.6 Å². The summed E-state index contributed by atoms with van der Waals surface area (Å²) in [6, 6.07) is 18.4. The normalized spacial score (nSPS) is 10.2. The molecule has 1 N–H and O–H groups in total. The summed E-state index contributed by atoms with van der Waals surface area (Å²) in [5.41, 5.74) is 2.78. The largest absolute Gasteiger partial charge is 0.351 e. The molecular weight excluding hydrogens is 380 g/mol. The lowest BCUT2D eigenvalue weighted by Gasteiger charge is -2.07. The van der Waals surface area contributed by atoms with Crippen LogP contribution in [0.15, 0.2) is 65.8 Å². The van der Waals surface area contributed by atoms with Crippen LogP contribution in [0.2, 0.25) is 5.02 Å². The van der Waals surface area contributed by atoms with Crippen molar-refractivity contribution in [2.24, 2.45) is 0 Å². The molecule has 0 radical (unpaired) electrons. The zero-order chi connectivity index (χ0) is 19.1. The number of rotatable bonds is 6. The first kappa shape index (κ1) is 18.9. The number of thioether (sulfide) groups is 1. The highest BCUT2D eigenvalue weighted by atomic mass is 35.5. The standard InChI is InChI=1S/C20H15ClN4OS/c21-16-7-4-14(5-8-16)12-24-19(26)13-27-20-15(11-22)6-9-18(25-20)17-3-1-2-10-23-17/h1-10H,12-13H2,(H,24,26). The highest BCUT2D eigenvalue weighted by Gasteiger charge is 2.11. The molecule has 1 aromatic carbocycles. The zero-order valence-electron chi connectivity index (χ0n) is 14.2. The number of aromatic nitrogens is 2. The lowest BCUT2D eigenvalue weighted by molar-refractivity contribution is -0.118. The minimum Gasteiger partial charge on any atom is -0.351 e. The van der Waals surface area contributed by atoms with Gasteiger partial charge in [0.1, 0.15) is 11.1 Å². The first-order valence-corrected chi connectivity index (χ1v) is 9.48. The third-order valence-electron chi connectivity index (χ3n) is 3.65. The number of carbonyl (C=O) groups is 1. The molecule has 0 unspecified atom stereocenters. The number of benzene rings is 1. The van der Waals surface area contributed by atoms with Crippen LogP contribution in [0.5, 0.6) is 0 Å². The van der Waals surface area contributed by atoms with Crippen LogP contribution < -0.4 is 5.32 Å². The van der Waals surface area contributed by atoms with Crippen LogP contribution >= 0.6 is 23.4 Å². The van der Waals surface area contributed by atoms with Gasteiger partial charge in [-0.1, -0.05) is 41.6 Å². The smallest absolute Gasteiger partial charge is 0.230 e. The molecule has 0 atom stereocenters. The van der Waals surface area contributed by atoms with Gasteiger partial charge in [-0.2, -0.15) is 5.26 Å². The van der Waals surface area contributed by atoms with Crippen molar-refractivity contribution >= 4 is 29.3 Å². The molecule has 0 saturated heterocycles. The van der Waals surface area contributed by atoms with E-state index >= 15 is 0 Å². The number of nitrogens with zero attached hydrogens (tertiary/aromatic N) is 3. The number of halogens is 1. The first-order chi connectivity index (χ1) is 13.2. The molecule has 0 aliphatic carbocycles. The van der Waals surface area contributed by atoms with Crippen LogP contribution in [0.3, 0.4) is 0 Å². The fraction of sp³-hybridized carbons (Fsp3) is 0.100. The number of amides is 1. The second-order valence-corrected chi connectivity index (χ2v) is 6.97. The van der Waals surface area contributed by atoms with Crippen LogP contribution in [-0.4, -0.2) is 21.6 Å². The molecule has 3 aromatic rings. The second kappa shape index (κ2) is 9.17. The molecule has 134 valence electrons. The molecule has 27 heavy (non-hydrogen) atoms. The number of nitrogens with one attached hydrogen (secondary N) is 1. The van der Waals surface area contributed by atoms with E-state index in [0.29, 0.717) is 27.9 Å². The Labute approximate surface area is 166 Å². The topological polar surface area (TPSA) is 78.7 Å². The summed E-state index contributed by atoms with van der Waals surface area (Å²) in [5, 5.41) is 13.3. The molecule has 2 heterocycles. The monoisotopic (exact) mass is 394 g/mol. The van der Waals surface area contributed by atoms with E-state index in [2.05, 4.69) is 21.4 Å². The molecule has 2 aromatic heterocycles. The zero-order valence-corrected chi connectivity index (χ0v) is 15.8. The van der Waals surface area contributed by atoms with Crippen molar-refractivity contribution < 1.29 is 4.79 Å². The van der Waals surface area contributed by atoms with E-state index < -0.39 is 0 Å². The quantitative estimate of drug-likeness (QED) is 0.637. The summed E-state index contributed by atoms with van der Waals surface area (Å²) in [7, 11) is 0. The van der Waals surface area contributed by atoms with Crippen molar-refractivity contribution in [1.29, 1.82) is 5.26 Å². The van der Waals surface area contributed by atoms with Crippen LogP contribution in [0.25, 0.3) is 11.4 Å². The fourth-order valence-corrected chi connectivity index (χ4v) is 3.21. The summed E-state index contributed by atoms with van der Waals surface area (Å²) in [5.74, 6) is 0.0323. The molecule has 5 nitrogen and oxygen atoms in total. The van der Waals surface area contributed by atoms with E-state index in [1.54, 1.807) is 30.5 Å². The summed E-state index contributed by atoms with van der Waals surface area (Å²) >= 11 is 7.08. The van der Waals surface area contributed by atoms with Crippen molar-refractivity contribution in [2.75, 3.05) is 5.75 Å². The Morgan fingerprint density at radius 1 is 1.11 bits per heavy atom. The third-order valence-corrected chi connectivity index (χ3v) is 4.89. The van der Waals surface area contributed by atoms with E-state index in [4.69, 9.17) is 11.6 Å². The van der Waals surface area contributed by atoms with Gasteiger partial charge >= 0.3 is 0 Å². The van der Waals surface area contributed by atoms with Crippen molar-refractivity contribution in [3.63, 3.8) is 0 Å². The van der Waals surface area contributed by atoms with Gasteiger partial charge in [-0.3, -0.25) is 9.78 Å². The Bertz CT molecular complexity index is 972. The highest BCUT2D eigenvalue weighted by Crippen LogP contribution is 2.24. The minimum absolute atomic E-state index is 0.135. The van der Waals surface area contributed by atoms with Gasteiger partial charge in [-0.15, -0.1) is 0 Å². The average Bonchev–Trinajstić information content (AvgIpc) is 2.72. The summed E-state index contributed by atoms with van der Waals surface area (Å²) in [4.78, 5) is 20.9. The van der Waals surface area contributed by atoms with Gasteiger partial charge in [-0.25, -0.2) is 4.98 Å². The predicted octanol–water partition coefficient (Wildman–Crippen LogP) is 4.08. The maximum atomic E-state index is 12.1. The number of nitriles is 1. The Hall–Kier alpha value is -2.88. The molecule has 0 bridgehead atoms. The molecular formula is C20H15ClN4OS. The number of hydrogen-bond acceptors (Lipinski definition) is 5. The molecule has 1 amide bonds. The third kappa shape index (κ3) is 5.30. The summed E-state index contributed by atoms with van der Waals surface area (Å²) in [6.07, 6.45) is 1.69. The van der Waals surface area contributed by atoms with Gasteiger partial charge in [0.05, 0.1) is 22.7 Å². The molecule has 0 spiro atoms. The molecule has 7 heteroatoms. The van der Waals surface area contributed by atoms with Crippen LogP contribution in [0, 0.1) is 11.3 Å². The van der Waals surface area contributed by atoms with Gasteiger partial charge in [-0.05, 0) is 42.0 Å². The highest BCUT2D eigenvalue weighted by molar-refractivity contribution is 8.00. The molecule has 0 aliphatic rings. The van der Waals surface area contributed by atoms with Gasteiger partial charge in [0.15, 0.2) is 0 Å². The molecule has 3 rings (SSSR count). The SMILES string of the molecule is N#Cc1ccc(-c2ccccn2)nc1SCC(=O)NCc1ccc(Cl)cc1. The maximum Gasteiger partial charge on any atom is 0.230 e. The minimum atomic E-state index is -0.135. The molecule has 0 saturated carbocycles. The van der Waals surface area contributed by atoms with E-state index in [-0.39, 0.29) is 11.7 Å². The number of hydrogen-bond donors (Lipinski definition) is 1. The van der Waals surface area contributed by atoms with E-state index in [1.807, 2.05) is 30.3 Å². The van der Waals surface area contributed by atoms with Crippen molar-refractivity contribution in [3.05, 3.63) is 76.9 Å². The number of pyridine rings is 2. The Morgan fingerprint density at radius 3 is 2.63 bits per heavy atom. The Balaban J connectivity index is 1.63. The summed E-state index contributed by atoms with van der Waals surface area (Å²) in [6.45, 7) is 0.420. The molecule has 0 fully saturated rings. The Kier molecular flexibility index (Phi) is 6.42. The first-order valence-electron chi connectivity index (χ1n) is 8.12. The average molecular weight is 395 g/mol. The van der Waals surface area contributed by atoms with Crippen molar-refractivity contribution in [3.8, 4) is 17.5 Å². The van der Waals surface area contributed by atoms with E-state index in [0.717, 1.165) is 11.3 Å². The van der Waals surface area contributed by atoms with Crippen molar-refractivity contribution in [1.82, 2.24) is 15.3 Å². The van der Waals surface area contributed by atoms with Gasteiger partial charge in [0.2, 0.25) is 5.91 Å². The Morgan fingerprint density at radius 2 is 1.93 bits per heavy atom. The van der Waals surface area contributed by atoms with Gasteiger partial charge in [0.25, 0.3) is 0 Å². The van der Waals surface area contributed by atoms with Gasteiger partial charge < -0.3 is 5.32 Å². The van der Waals surface area contributed by atoms with E-state index in [9.17, 15) is 10.1 Å². The maximum absolute atomic E-state index is 12.1. The van der Waals surface area contributed by atoms with Crippen LogP contribution in [0.4, 0.5) is 0 Å². The van der Waals surface area contributed by atoms with Gasteiger partial charge in [0, 0.05) is 17.8 Å². The molecule has 0 aliphatic heterocycles. The lowest BCUT2D eigenvalue weighted by atomic mass is 10.2. The van der Waals surface area contributed by atoms with Crippen LogP contribution in [0.1, 0.15) is 11.1 Å².